The number of anilines is 1. The molecule has 1 saturated carbocycles. The van der Waals surface area contributed by atoms with Crippen LogP contribution in [-0.4, -0.2) is 30.2 Å². The van der Waals surface area contributed by atoms with Crippen molar-refractivity contribution in [2.45, 2.75) is 30.7 Å². The zero-order valence-corrected chi connectivity index (χ0v) is 19.0. The standard InChI is InChI=1S/C27H22ClNO5/c28-21-9-8-17(14-20(21)15-5-6-15)29-25(16-7-10-22-23(13-16)34-12-11-33-22)24(27(31)32)18-3-1-2-4-19(18)26(29)30/h1-4,7-10,13-15,24-25H,5-6,11-12H2,(H,31,32). The lowest BCUT2D eigenvalue weighted by atomic mass is 9.79. The summed E-state index contributed by atoms with van der Waals surface area (Å²) >= 11 is 6.47. The van der Waals surface area contributed by atoms with E-state index in [1.807, 2.05) is 12.1 Å². The van der Waals surface area contributed by atoms with Crippen LogP contribution in [0.3, 0.4) is 0 Å². The fourth-order valence-corrected chi connectivity index (χ4v) is 5.33. The zero-order valence-electron chi connectivity index (χ0n) is 18.2. The van der Waals surface area contributed by atoms with Crippen molar-refractivity contribution in [2.24, 2.45) is 0 Å². The molecule has 172 valence electrons. The minimum Gasteiger partial charge on any atom is -0.486 e. The number of carboxylic acids is 1. The van der Waals surface area contributed by atoms with Gasteiger partial charge in [-0.1, -0.05) is 35.9 Å². The van der Waals surface area contributed by atoms with Gasteiger partial charge in [0.2, 0.25) is 0 Å². The van der Waals surface area contributed by atoms with Crippen LogP contribution in [0.15, 0.2) is 60.7 Å². The second-order valence-electron chi connectivity index (χ2n) is 8.91. The molecule has 1 N–H and O–H groups in total. The lowest BCUT2D eigenvalue weighted by molar-refractivity contribution is -0.139. The van der Waals surface area contributed by atoms with Gasteiger partial charge in [0.1, 0.15) is 19.1 Å². The molecule has 1 amide bonds. The van der Waals surface area contributed by atoms with E-state index in [4.69, 9.17) is 21.1 Å². The number of carbonyl (C=O) groups excluding carboxylic acids is 1. The summed E-state index contributed by atoms with van der Waals surface area (Å²) in [6.45, 7) is 0.872. The van der Waals surface area contributed by atoms with E-state index in [1.165, 1.54) is 0 Å². The molecule has 0 bridgehead atoms. The third kappa shape index (κ3) is 3.41. The Labute approximate surface area is 201 Å². The van der Waals surface area contributed by atoms with Crippen molar-refractivity contribution >= 4 is 29.2 Å². The maximum Gasteiger partial charge on any atom is 0.313 e. The van der Waals surface area contributed by atoms with Crippen LogP contribution in [0.25, 0.3) is 0 Å². The summed E-state index contributed by atoms with van der Waals surface area (Å²) in [7, 11) is 0. The number of nitrogens with zero attached hydrogens (tertiary/aromatic N) is 1. The highest BCUT2D eigenvalue weighted by molar-refractivity contribution is 6.31. The van der Waals surface area contributed by atoms with Crippen molar-refractivity contribution in [1.82, 2.24) is 0 Å². The van der Waals surface area contributed by atoms with Gasteiger partial charge in [0.15, 0.2) is 11.5 Å². The monoisotopic (exact) mass is 475 g/mol. The lowest BCUT2D eigenvalue weighted by Gasteiger charge is -2.41. The van der Waals surface area contributed by atoms with Crippen LogP contribution >= 0.6 is 11.6 Å². The first-order chi connectivity index (χ1) is 16.5. The molecule has 2 unspecified atom stereocenters. The van der Waals surface area contributed by atoms with Gasteiger partial charge in [0, 0.05) is 16.3 Å². The smallest absolute Gasteiger partial charge is 0.313 e. The van der Waals surface area contributed by atoms with Crippen molar-refractivity contribution in [3.05, 3.63) is 87.9 Å². The van der Waals surface area contributed by atoms with Crippen LogP contribution < -0.4 is 14.4 Å². The van der Waals surface area contributed by atoms with Crippen LogP contribution in [-0.2, 0) is 4.79 Å². The van der Waals surface area contributed by atoms with E-state index in [0.717, 1.165) is 18.4 Å². The number of benzene rings is 3. The number of ether oxygens (including phenoxy) is 2. The van der Waals surface area contributed by atoms with Gasteiger partial charge in [-0.15, -0.1) is 0 Å². The molecule has 0 saturated heterocycles. The van der Waals surface area contributed by atoms with E-state index in [0.29, 0.717) is 58.0 Å². The SMILES string of the molecule is O=C(O)C1c2ccccc2C(=O)N(c2ccc(Cl)c(C3CC3)c2)C1c1ccc2c(c1)OCCO2. The first kappa shape index (κ1) is 21.1. The lowest BCUT2D eigenvalue weighted by Crippen LogP contribution is -2.45. The Hall–Kier alpha value is -3.51. The van der Waals surface area contributed by atoms with Crippen molar-refractivity contribution in [2.75, 3.05) is 18.1 Å². The van der Waals surface area contributed by atoms with Crippen LogP contribution in [0, 0.1) is 0 Å². The molecule has 3 aromatic carbocycles. The van der Waals surface area contributed by atoms with Crippen LogP contribution in [0.4, 0.5) is 5.69 Å². The normalized spacial score (nSPS) is 21.2. The van der Waals surface area contributed by atoms with Crippen LogP contribution in [0.2, 0.25) is 5.02 Å². The van der Waals surface area contributed by atoms with E-state index < -0.39 is 17.9 Å². The fraction of sp³-hybridized carbons (Fsp3) is 0.259. The van der Waals surface area contributed by atoms with E-state index in [-0.39, 0.29) is 5.91 Å². The third-order valence-corrected chi connectivity index (χ3v) is 7.13. The number of aliphatic carboxylic acids is 1. The number of amides is 1. The maximum atomic E-state index is 13.9. The number of carbonyl (C=O) groups is 2. The van der Waals surface area contributed by atoms with Gasteiger partial charge < -0.3 is 14.6 Å². The summed E-state index contributed by atoms with van der Waals surface area (Å²) in [5, 5.41) is 11.1. The Bertz CT molecular complexity index is 1320. The van der Waals surface area contributed by atoms with Crippen molar-refractivity contribution in [3.63, 3.8) is 0 Å². The largest absolute Gasteiger partial charge is 0.486 e. The molecule has 6 nitrogen and oxygen atoms in total. The summed E-state index contributed by atoms with van der Waals surface area (Å²) in [4.78, 5) is 28.2. The Morgan fingerprint density at radius 2 is 1.71 bits per heavy atom. The maximum absolute atomic E-state index is 13.9. The second kappa shape index (κ2) is 8.06. The number of hydrogen-bond donors (Lipinski definition) is 1. The first-order valence-corrected chi connectivity index (χ1v) is 11.7. The van der Waals surface area contributed by atoms with E-state index >= 15 is 0 Å². The molecule has 2 heterocycles. The average Bonchev–Trinajstić information content (AvgIpc) is 3.69. The molecule has 6 rings (SSSR count). The molecule has 1 fully saturated rings. The third-order valence-electron chi connectivity index (χ3n) is 6.79. The minimum absolute atomic E-state index is 0.239. The second-order valence-corrected chi connectivity index (χ2v) is 9.31. The molecular formula is C27H22ClNO5. The predicted molar refractivity (Wildman–Crippen MR) is 127 cm³/mol. The molecule has 2 atom stereocenters. The molecule has 3 aromatic rings. The number of hydrogen-bond acceptors (Lipinski definition) is 4. The van der Waals surface area contributed by atoms with Crippen molar-refractivity contribution in [1.29, 1.82) is 0 Å². The zero-order chi connectivity index (χ0) is 23.4. The summed E-state index contributed by atoms with van der Waals surface area (Å²) < 4.78 is 11.4. The molecule has 0 aromatic heterocycles. The average molecular weight is 476 g/mol. The molecule has 7 heteroatoms. The predicted octanol–water partition coefficient (Wildman–Crippen LogP) is 5.56. The van der Waals surface area contributed by atoms with Crippen molar-refractivity contribution in [3.8, 4) is 11.5 Å². The van der Waals surface area contributed by atoms with Crippen molar-refractivity contribution < 1.29 is 24.2 Å². The summed E-state index contributed by atoms with van der Waals surface area (Å²) in [5.41, 5.74) is 3.21. The van der Waals surface area contributed by atoms with Gasteiger partial charge in [0.25, 0.3) is 5.91 Å². The number of fused-ring (bicyclic) bond motifs is 2. The van der Waals surface area contributed by atoms with E-state index in [2.05, 4.69) is 0 Å². The molecular weight excluding hydrogens is 454 g/mol. The molecule has 0 radical (unpaired) electrons. The highest BCUT2D eigenvalue weighted by Crippen LogP contribution is 2.49. The summed E-state index contributed by atoms with van der Waals surface area (Å²) in [5.74, 6) is -0.662. The number of rotatable bonds is 4. The highest BCUT2D eigenvalue weighted by atomic mass is 35.5. The Kier molecular flexibility index (Phi) is 4.99. The quantitative estimate of drug-likeness (QED) is 0.534. The molecule has 0 spiro atoms. The molecule has 2 aliphatic heterocycles. The fourth-order valence-electron chi connectivity index (χ4n) is 5.06. The van der Waals surface area contributed by atoms with Gasteiger partial charge in [-0.25, -0.2) is 0 Å². The number of halogens is 1. The van der Waals surface area contributed by atoms with Gasteiger partial charge in [0.05, 0.1) is 6.04 Å². The Balaban J connectivity index is 1.56. The van der Waals surface area contributed by atoms with Gasteiger partial charge >= 0.3 is 5.97 Å². The van der Waals surface area contributed by atoms with Gasteiger partial charge in [-0.3, -0.25) is 14.5 Å². The van der Waals surface area contributed by atoms with E-state index in [9.17, 15) is 14.7 Å². The van der Waals surface area contributed by atoms with Crippen LogP contribution in [0.5, 0.6) is 11.5 Å². The first-order valence-electron chi connectivity index (χ1n) is 11.4. The number of carboxylic acid groups (broad SMARTS) is 1. The summed E-state index contributed by atoms with van der Waals surface area (Å²) in [6.07, 6.45) is 2.12. The Morgan fingerprint density at radius 3 is 2.47 bits per heavy atom. The molecule has 3 aliphatic rings. The minimum atomic E-state index is -0.999. The highest BCUT2D eigenvalue weighted by Gasteiger charge is 2.45. The van der Waals surface area contributed by atoms with Gasteiger partial charge in [-0.05, 0) is 71.8 Å². The summed E-state index contributed by atoms with van der Waals surface area (Å²) in [6, 6.07) is 17.1. The molecule has 1 aliphatic carbocycles. The topological polar surface area (TPSA) is 76.1 Å². The molecule has 34 heavy (non-hydrogen) atoms. The van der Waals surface area contributed by atoms with E-state index in [1.54, 1.807) is 53.4 Å². The van der Waals surface area contributed by atoms with Gasteiger partial charge in [-0.2, -0.15) is 0 Å². The van der Waals surface area contributed by atoms with Crippen LogP contribution in [0.1, 0.15) is 57.8 Å². The Morgan fingerprint density at radius 1 is 0.941 bits per heavy atom.